The second-order valence-corrected chi connectivity index (χ2v) is 7.29. The van der Waals surface area contributed by atoms with E-state index in [0.29, 0.717) is 28.5 Å². The lowest BCUT2D eigenvalue weighted by molar-refractivity contribution is -0.119. The number of ether oxygens (including phenoxy) is 2. The zero-order valence-electron chi connectivity index (χ0n) is 15.7. The molecule has 3 aromatic rings. The minimum Gasteiger partial charge on any atom is -0.457 e. The third kappa shape index (κ3) is 6.02. The van der Waals surface area contributed by atoms with Gasteiger partial charge in [-0.15, -0.1) is 11.3 Å². The van der Waals surface area contributed by atoms with Gasteiger partial charge in [0.1, 0.15) is 11.5 Å². The number of nitrogens with one attached hydrogen (secondary N) is 1. The molecule has 0 fully saturated rings. The summed E-state index contributed by atoms with van der Waals surface area (Å²) < 4.78 is 10.9. The van der Waals surface area contributed by atoms with E-state index in [1.165, 1.54) is 18.3 Å². The molecule has 1 aromatic heterocycles. The van der Waals surface area contributed by atoms with Gasteiger partial charge in [0.25, 0.3) is 0 Å². The third-order valence-electron chi connectivity index (χ3n) is 3.83. The van der Waals surface area contributed by atoms with E-state index in [1.807, 2.05) is 30.3 Å². The predicted octanol–water partition coefficient (Wildman–Crippen LogP) is 4.22. The van der Waals surface area contributed by atoms with Gasteiger partial charge in [0, 0.05) is 11.8 Å². The minimum atomic E-state index is -0.605. The van der Waals surface area contributed by atoms with Crippen molar-refractivity contribution in [1.29, 1.82) is 0 Å². The van der Waals surface area contributed by atoms with Crippen molar-refractivity contribution in [1.82, 2.24) is 5.32 Å². The lowest BCUT2D eigenvalue weighted by Crippen LogP contribution is -2.18. The molecular formula is C22H19NO5S. The second-order valence-electron chi connectivity index (χ2n) is 6.12. The second kappa shape index (κ2) is 9.66. The molecule has 0 radical (unpaired) electrons. The van der Waals surface area contributed by atoms with Gasteiger partial charge in [-0.2, -0.15) is 0 Å². The Bertz CT molecular complexity index is 1010. The highest BCUT2D eigenvalue weighted by Crippen LogP contribution is 2.22. The Balaban J connectivity index is 1.56. The fourth-order valence-corrected chi connectivity index (χ4v) is 3.30. The van der Waals surface area contributed by atoms with Crippen molar-refractivity contribution >= 4 is 29.0 Å². The molecule has 0 aliphatic carbocycles. The minimum absolute atomic E-state index is 0.140. The van der Waals surface area contributed by atoms with Gasteiger partial charge in [0.05, 0.1) is 17.0 Å². The van der Waals surface area contributed by atoms with E-state index in [0.717, 1.165) is 4.88 Å². The van der Waals surface area contributed by atoms with Gasteiger partial charge in [-0.25, -0.2) is 4.79 Å². The topological polar surface area (TPSA) is 81.7 Å². The predicted molar refractivity (Wildman–Crippen MR) is 109 cm³/mol. The average molecular weight is 409 g/mol. The zero-order chi connectivity index (χ0) is 20.6. The average Bonchev–Trinajstić information content (AvgIpc) is 3.20. The van der Waals surface area contributed by atoms with Crippen molar-refractivity contribution in [2.75, 3.05) is 6.61 Å². The van der Waals surface area contributed by atoms with Crippen LogP contribution in [0.4, 0.5) is 0 Å². The Morgan fingerprint density at radius 3 is 2.45 bits per heavy atom. The number of esters is 1. The first kappa shape index (κ1) is 20.3. The normalized spacial score (nSPS) is 10.2. The molecule has 0 bridgehead atoms. The number of thiophene rings is 1. The maximum Gasteiger partial charge on any atom is 0.338 e. The van der Waals surface area contributed by atoms with Crippen molar-refractivity contribution in [3.8, 4) is 11.5 Å². The first-order valence-electron chi connectivity index (χ1n) is 8.88. The number of benzene rings is 2. The van der Waals surface area contributed by atoms with Crippen LogP contribution in [0, 0.1) is 0 Å². The largest absolute Gasteiger partial charge is 0.457 e. The van der Waals surface area contributed by atoms with Crippen LogP contribution in [-0.4, -0.2) is 24.3 Å². The number of ketones is 1. The van der Waals surface area contributed by atoms with E-state index in [-0.39, 0.29) is 18.3 Å². The van der Waals surface area contributed by atoms with Gasteiger partial charge < -0.3 is 14.8 Å². The van der Waals surface area contributed by atoms with E-state index in [1.54, 1.807) is 36.4 Å². The number of hydrogen-bond donors (Lipinski definition) is 1. The summed E-state index contributed by atoms with van der Waals surface area (Å²) in [4.78, 5) is 36.8. The Morgan fingerprint density at radius 2 is 1.69 bits per heavy atom. The molecule has 7 heteroatoms. The number of Topliss-reactive ketones (excluding diaryl/α,β-unsaturated/α-hetero) is 1. The fraction of sp³-hybridized carbons (Fsp3) is 0.136. The monoisotopic (exact) mass is 409 g/mol. The molecule has 2 aromatic carbocycles. The van der Waals surface area contributed by atoms with Gasteiger partial charge in [0.2, 0.25) is 11.7 Å². The van der Waals surface area contributed by atoms with Gasteiger partial charge in [-0.05, 0) is 42.5 Å². The van der Waals surface area contributed by atoms with Crippen LogP contribution >= 0.6 is 11.3 Å². The number of carbonyl (C=O) groups is 3. The smallest absolute Gasteiger partial charge is 0.338 e. The summed E-state index contributed by atoms with van der Waals surface area (Å²) in [5.41, 5.74) is 0.295. The number of hydrogen-bond acceptors (Lipinski definition) is 6. The molecule has 1 amide bonds. The Kier molecular flexibility index (Phi) is 6.76. The first-order valence-corrected chi connectivity index (χ1v) is 9.69. The van der Waals surface area contributed by atoms with Gasteiger partial charge in [0.15, 0.2) is 6.61 Å². The zero-order valence-corrected chi connectivity index (χ0v) is 16.5. The van der Waals surface area contributed by atoms with Crippen LogP contribution in [0.1, 0.15) is 31.8 Å². The number of amides is 1. The van der Waals surface area contributed by atoms with Crippen molar-refractivity contribution in [2.45, 2.75) is 13.5 Å². The van der Waals surface area contributed by atoms with Gasteiger partial charge in [-0.1, -0.05) is 24.3 Å². The molecule has 1 N–H and O–H groups in total. The molecule has 0 spiro atoms. The van der Waals surface area contributed by atoms with Crippen molar-refractivity contribution in [3.63, 3.8) is 0 Å². The lowest BCUT2D eigenvalue weighted by atomic mass is 10.2. The van der Waals surface area contributed by atoms with Crippen molar-refractivity contribution in [3.05, 3.63) is 82.0 Å². The number of carbonyl (C=O) groups excluding carboxylic acids is 3. The molecule has 148 valence electrons. The SMILES string of the molecule is CC(=O)NCc1ccc(C(=O)COC(=O)c2cccc(Oc3ccccc3)c2)s1. The molecule has 0 saturated heterocycles. The fourth-order valence-electron chi connectivity index (χ4n) is 2.43. The highest BCUT2D eigenvalue weighted by atomic mass is 32.1. The molecule has 29 heavy (non-hydrogen) atoms. The summed E-state index contributed by atoms with van der Waals surface area (Å²) in [6, 6.07) is 19.2. The number of rotatable bonds is 8. The lowest BCUT2D eigenvalue weighted by Gasteiger charge is -2.07. The van der Waals surface area contributed by atoms with E-state index < -0.39 is 5.97 Å². The van der Waals surface area contributed by atoms with Crippen LogP contribution in [0.3, 0.4) is 0 Å². The molecule has 0 atom stereocenters. The summed E-state index contributed by atoms with van der Waals surface area (Å²) >= 11 is 1.26. The van der Waals surface area contributed by atoms with Crippen LogP contribution in [-0.2, 0) is 16.1 Å². The molecule has 0 aliphatic heterocycles. The Hall–Kier alpha value is -3.45. The van der Waals surface area contributed by atoms with E-state index in [2.05, 4.69) is 5.32 Å². The van der Waals surface area contributed by atoms with E-state index in [4.69, 9.17) is 9.47 Å². The van der Waals surface area contributed by atoms with Crippen LogP contribution in [0.2, 0.25) is 0 Å². The van der Waals surface area contributed by atoms with Crippen LogP contribution in [0.5, 0.6) is 11.5 Å². The summed E-state index contributed by atoms with van der Waals surface area (Å²) in [6.07, 6.45) is 0. The summed E-state index contributed by atoms with van der Waals surface area (Å²) in [5, 5.41) is 2.67. The first-order chi connectivity index (χ1) is 14.0. The van der Waals surface area contributed by atoms with E-state index in [9.17, 15) is 14.4 Å². The highest BCUT2D eigenvalue weighted by Gasteiger charge is 2.14. The number of para-hydroxylation sites is 1. The summed E-state index contributed by atoms with van der Waals surface area (Å²) in [6.45, 7) is 1.43. The van der Waals surface area contributed by atoms with Gasteiger partial charge in [-0.3, -0.25) is 9.59 Å². The van der Waals surface area contributed by atoms with Crippen LogP contribution in [0.15, 0.2) is 66.7 Å². The molecule has 1 heterocycles. The van der Waals surface area contributed by atoms with E-state index >= 15 is 0 Å². The third-order valence-corrected chi connectivity index (χ3v) is 4.96. The van der Waals surface area contributed by atoms with Gasteiger partial charge >= 0.3 is 5.97 Å². The molecule has 0 unspecified atom stereocenters. The maximum absolute atomic E-state index is 12.3. The molecular weight excluding hydrogens is 390 g/mol. The summed E-state index contributed by atoms with van der Waals surface area (Å²) in [5.74, 6) is 0.110. The van der Waals surface area contributed by atoms with Crippen LogP contribution < -0.4 is 10.1 Å². The Labute approximate surface area is 172 Å². The van der Waals surface area contributed by atoms with Crippen molar-refractivity contribution < 1.29 is 23.9 Å². The maximum atomic E-state index is 12.3. The van der Waals surface area contributed by atoms with Crippen LogP contribution in [0.25, 0.3) is 0 Å². The molecule has 3 rings (SSSR count). The quantitative estimate of drug-likeness (QED) is 0.445. The highest BCUT2D eigenvalue weighted by molar-refractivity contribution is 7.14. The molecule has 0 saturated carbocycles. The standard InChI is InChI=1S/C22H19NO5S/c1-15(24)23-13-19-10-11-21(29-19)20(25)14-27-22(26)16-6-5-9-18(12-16)28-17-7-3-2-4-8-17/h2-12H,13-14H2,1H3,(H,23,24). The molecule has 0 aliphatic rings. The Morgan fingerprint density at radius 1 is 0.931 bits per heavy atom. The summed E-state index contributed by atoms with van der Waals surface area (Å²) in [7, 11) is 0. The molecule has 6 nitrogen and oxygen atoms in total. The van der Waals surface area contributed by atoms with Crippen molar-refractivity contribution in [2.24, 2.45) is 0 Å².